The van der Waals surface area contributed by atoms with Gasteiger partial charge in [-0.05, 0) is 43.9 Å². The number of ether oxygens (including phenoxy) is 1. The highest BCUT2D eigenvalue weighted by atomic mass is 16.5. The molecule has 0 aromatic heterocycles. The molecule has 0 aromatic rings. The molecule has 2 nitrogen and oxygen atoms in total. The van der Waals surface area contributed by atoms with Crippen LogP contribution in [0, 0.1) is 23.7 Å². The number of carbonyl (C=O) groups is 1. The van der Waals surface area contributed by atoms with Crippen molar-refractivity contribution in [3.63, 3.8) is 0 Å². The van der Waals surface area contributed by atoms with Gasteiger partial charge < -0.3 is 4.74 Å². The lowest BCUT2D eigenvalue weighted by atomic mass is 9.85. The van der Waals surface area contributed by atoms with Crippen LogP contribution in [0.3, 0.4) is 0 Å². The van der Waals surface area contributed by atoms with Crippen LogP contribution >= 0.6 is 0 Å². The van der Waals surface area contributed by atoms with E-state index >= 15 is 0 Å². The molecule has 2 heteroatoms. The van der Waals surface area contributed by atoms with Crippen LogP contribution in [0.25, 0.3) is 0 Å². The molecular formula is C14H22O2. The van der Waals surface area contributed by atoms with Gasteiger partial charge in [0, 0.05) is 0 Å². The summed E-state index contributed by atoms with van der Waals surface area (Å²) in [6.45, 7) is 6.55. The number of allylic oxidation sites excluding steroid dienone is 2. The minimum Gasteiger partial charge on any atom is -0.465 e. The minimum absolute atomic E-state index is 0.000205. The highest BCUT2D eigenvalue weighted by molar-refractivity contribution is 5.71. The molecule has 90 valence electrons. The minimum atomic E-state index is -0.0511. The van der Waals surface area contributed by atoms with Crippen LogP contribution in [0.1, 0.15) is 40.0 Å². The third-order valence-electron chi connectivity index (χ3n) is 4.07. The molecule has 0 aliphatic heterocycles. The average Bonchev–Trinajstić information content (AvgIpc) is 2.84. The van der Waals surface area contributed by atoms with Crippen LogP contribution in [-0.2, 0) is 9.53 Å². The van der Waals surface area contributed by atoms with E-state index in [0.717, 1.165) is 5.92 Å². The lowest BCUT2D eigenvalue weighted by Gasteiger charge is -2.24. The summed E-state index contributed by atoms with van der Waals surface area (Å²) in [4.78, 5) is 11.4. The molecule has 0 amide bonds. The van der Waals surface area contributed by atoms with Crippen LogP contribution < -0.4 is 0 Å². The van der Waals surface area contributed by atoms with Crippen LogP contribution in [-0.4, -0.2) is 12.6 Å². The van der Waals surface area contributed by atoms with Crippen LogP contribution in [0.4, 0.5) is 0 Å². The fourth-order valence-electron chi connectivity index (χ4n) is 3.22. The van der Waals surface area contributed by atoms with Crippen molar-refractivity contribution in [1.29, 1.82) is 0 Å². The Morgan fingerprint density at radius 3 is 2.81 bits per heavy atom. The summed E-state index contributed by atoms with van der Waals surface area (Å²) < 4.78 is 5.37. The number of fused-ring (bicyclic) bond motifs is 2. The van der Waals surface area contributed by atoms with Gasteiger partial charge in [0.1, 0.15) is 0 Å². The first-order valence-corrected chi connectivity index (χ1v) is 6.43. The van der Waals surface area contributed by atoms with Gasteiger partial charge in [0.2, 0.25) is 0 Å². The van der Waals surface area contributed by atoms with Crippen molar-refractivity contribution in [3.05, 3.63) is 11.6 Å². The van der Waals surface area contributed by atoms with Crippen molar-refractivity contribution in [2.24, 2.45) is 23.7 Å². The molecule has 2 rings (SSSR count). The van der Waals surface area contributed by atoms with Gasteiger partial charge >= 0.3 is 5.97 Å². The van der Waals surface area contributed by atoms with Crippen LogP contribution in [0.5, 0.6) is 0 Å². The molecule has 2 bridgehead atoms. The second kappa shape index (κ2) is 4.60. The summed E-state index contributed by atoms with van der Waals surface area (Å²) in [5, 5.41) is 0. The standard InChI is InChI=1S/C14H22O2/c1-4-11-5-10-6-12(13(11)7-10)8-16-14(15)9(2)3/h4,9-10,12-13H,5-8H2,1-3H3/t10-,12?,13+/m0/s1. The van der Waals surface area contributed by atoms with Crippen LogP contribution in [0.2, 0.25) is 0 Å². The predicted octanol–water partition coefficient (Wildman–Crippen LogP) is 3.18. The SMILES string of the molecule is CC=C1C[C@H]2CC(COC(=O)C(C)C)[C@@H]1C2. The van der Waals surface area contributed by atoms with E-state index in [-0.39, 0.29) is 11.9 Å². The fourth-order valence-corrected chi connectivity index (χ4v) is 3.22. The van der Waals surface area contributed by atoms with Crippen molar-refractivity contribution >= 4 is 5.97 Å². The summed E-state index contributed by atoms with van der Waals surface area (Å²) in [5.74, 6) is 2.10. The highest BCUT2D eigenvalue weighted by Gasteiger charge is 2.42. The van der Waals surface area contributed by atoms with Gasteiger partial charge in [-0.1, -0.05) is 25.5 Å². The number of hydrogen-bond acceptors (Lipinski definition) is 2. The summed E-state index contributed by atoms with van der Waals surface area (Å²) >= 11 is 0. The molecule has 2 saturated carbocycles. The maximum absolute atomic E-state index is 11.4. The lowest BCUT2D eigenvalue weighted by molar-refractivity contribution is -0.149. The summed E-state index contributed by atoms with van der Waals surface area (Å²) in [5.41, 5.74) is 1.60. The van der Waals surface area contributed by atoms with E-state index in [2.05, 4.69) is 13.0 Å². The first-order chi connectivity index (χ1) is 7.61. The first kappa shape index (κ1) is 11.7. The van der Waals surface area contributed by atoms with E-state index in [1.165, 1.54) is 19.3 Å². The molecule has 0 spiro atoms. The molecule has 2 aliphatic carbocycles. The Bertz CT molecular complexity index is 304. The summed E-state index contributed by atoms with van der Waals surface area (Å²) in [6.07, 6.45) is 6.13. The normalized spacial score (nSPS) is 35.0. The van der Waals surface area contributed by atoms with E-state index in [4.69, 9.17) is 4.74 Å². The lowest BCUT2D eigenvalue weighted by Crippen LogP contribution is -2.22. The van der Waals surface area contributed by atoms with Crippen molar-refractivity contribution < 1.29 is 9.53 Å². The molecule has 0 heterocycles. The Labute approximate surface area is 98.1 Å². The highest BCUT2D eigenvalue weighted by Crippen LogP contribution is 2.51. The van der Waals surface area contributed by atoms with Crippen molar-refractivity contribution in [3.8, 4) is 0 Å². The molecular weight excluding hydrogens is 200 g/mol. The van der Waals surface area contributed by atoms with Gasteiger partial charge in [-0.15, -0.1) is 0 Å². The van der Waals surface area contributed by atoms with Crippen molar-refractivity contribution in [2.45, 2.75) is 40.0 Å². The number of esters is 1. The zero-order chi connectivity index (χ0) is 11.7. The smallest absolute Gasteiger partial charge is 0.308 e. The Hall–Kier alpha value is -0.790. The quantitative estimate of drug-likeness (QED) is 0.541. The van der Waals surface area contributed by atoms with Gasteiger partial charge in [0.15, 0.2) is 0 Å². The van der Waals surface area contributed by atoms with Gasteiger partial charge in [0.25, 0.3) is 0 Å². The maximum Gasteiger partial charge on any atom is 0.308 e. The summed E-state index contributed by atoms with van der Waals surface area (Å²) in [7, 11) is 0. The monoisotopic (exact) mass is 222 g/mol. The molecule has 2 aliphatic rings. The van der Waals surface area contributed by atoms with Crippen molar-refractivity contribution in [1.82, 2.24) is 0 Å². The van der Waals surface area contributed by atoms with E-state index in [9.17, 15) is 4.79 Å². The maximum atomic E-state index is 11.4. The zero-order valence-corrected chi connectivity index (χ0v) is 10.5. The molecule has 3 atom stereocenters. The van der Waals surface area contributed by atoms with Crippen molar-refractivity contribution in [2.75, 3.05) is 6.61 Å². The molecule has 0 N–H and O–H groups in total. The first-order valence-electron chi connectivity index (χ1n) is 6.43. The number of rotatable bonds is 3. The second-order valence-corrected chi connectivity index (χ2v) is 5.56. The molecule has 0 aromatic carbocycles. The van der Waals surface area contributed by atoms with Crippen LogP contribution in [0.15, 0.2) is 11.6 Å². The Morgan fingerprint density at radius 1 is 1.50 bits per heavy atom. The Kier molecular flexibility index (Phi) is 3.36. The van der Waals surface area contributed by atoms with Gasteiger partial charge in [0.05, 0.1) is 12.5 Å². The number of hydrogen-bond donors (Lipinski definition) is 0. The van der Waals surface area contributed by atoms with Gasteiger partial charge in [-0.3, -0.25) is 4.79 Å². The third kappa shape index (κ3) is 2.16. The van der Waals surface area contributed by atoms with E-state index in [0.29, 0.717) is 18.4 Å². The third-order valence-corrected chi connectivity index (χ3v) is 4.07. The Morgan fingerprint density at radius 2 is 2.25 bits per heavy atom. The molecule has 0 saturated heterocycles. The van der Waals surface area contributed by atoms with Gasteiger partial charge in [-0.2, -0.15) is 0 Å². The molecule has 0 radical (unpaired) electrons. The predicted molar refractivity (Wildman–Crippen MR) is 63.9 cm³/mol. The van der Waals surface area contributed by atoms with E-state index in [1.807, 2.05) is 13.8 Å². The largest absolute Gasteiger partial charge is 0.465 e. The zero-order valence-electron chi connectivity index (χ0n) is 10.5. The topological polar surface area (TPSA) is 26.3 Å². The molecule has 2 fully saturated rings. The van der Waals surface area contributed by atoms with E-state index in [1.54, 1.807) is 5.57 Å². The fraction of sp³-hybridized carbons (Fsp3) is 0.786. The average molecular weight is 222 g/mol. The molecule has 1 unspecified atom stereocenters. The van der Waals surface area contributed by atoms with Gasteiger partial charge in [-0.25, -0.2) is 0 Å². The second-order valence-electron chi connectivity index (χ2n) is 5.56. The number of carbonyl (C=O) groups excluding carboxylic acids is 1. The summed E-state index contributed by atoms with van der Waals surface area (Å²) in [6, 6.07) is 0. The van der Waals surface area contributed by atoms with E-state index < -0.39 is 0 Å². The molecule has 16 heavy (non-hydrogen) atoms. The Balaban J connectivity index is 1.86.